The van der Waals surface area contributed by atoms with Crippen LogP contribution in [0.5, 0.6) is 5.75 Å². The topological polar surface area (TPSA) is 29.5 Å². The predicted molar refractivity (Wildman–Crippen MR) is 86.6 cm³/mol. The molecular weight excluding hydrogens is 320 g/mol. The lowest BCUT2D eigenvalue weighted by atomic mass is 9.96. The van der Waals surface area contributed by atoms with E-state index >= 15 is 0 Å². The first-order valence-corrected chi connectivity index (χ1v) is 8.55. The zero-order valence-corrected chi connectivity index (χ0v) is 14.0. The van der Waals surface area contributed by atoms with Crippen molar-refractivity contribution in [2.24, 2.45) is 0 Å². The van der Waals surface area contributed by atoms with Gasteiger partial charge in [0.15, 0.2) is 0 Å². The van der Waals surface area contributed by atoms with E-state index < -0.39 is 11.4 Å². The fourth-order valence-electron chi connectivity index (χ4n) is 2.98. The lowest BCUT2D eigenvalue weighted by Gasteiger charge is -2.37. The smallest absolute Gasteiger partial charge is 0.288 e. The van der Waals surface area contributed by atoms with Crippen LogP contribution in [0.2, 0.25) is 0 Å². The molecule has 0 spiro atoms. The van der Waals surface area contributed by atoms with Crippen molar-refractivity contribution < 1.29 is 18.3 Å². The lowest BCUT2D eigenvalue weighted by Crippen LogP contribution is -2.38. The number of nitrogens with zero attached hydrogens (tertiary/aromatic N) is 1. The first-order valence-electron chi connectivity index (χ1n) is 7.67. The number of carbonyl (C=O) groups is 1. The maximum Gasteiger partial charge on any atom is 0.288 e. The summed E-state index contributed by atoms with van der Waals surface area (Å²) in [4.78, 5) is 14.5. The molecule has 0 unspecified atom stereocenters. The van der Waals surface area contributed by atoms with Crippen LogP contribution >= 0.6 is 11.8 Å². The number of amides is 1. The van der Waals surface area contributed by atoms with Gasteiger partial charge in [-0.3, -0.25) is 4.79 Å². The Morgan fingerprint density at radius 2 is 2.09 bits per heavy atom. The molecule has 1 aromatic rings. The summed E-state index contributed by atoms with van der Waals surface area (Å²) < 4.78 is 31.2. The summed E-state index contributed by atoms with van der Waals surface area (Å²) in [6.07, 6.45) is 4.29. The first-order chi connectivity index (χ1) is 10.9. The van der Waals surface area contributed by atoms with Crippen LogP contribution in [0.15, 0.2) is 29.2 Å². The molecule has 0 aliphatic carbocycles. The summed E-state index contributed by atoms with van der Waals surface area (Å²) in [5.74, 6) is -1.76. The Hall–Kier alpha value is -1.56. The van der Waals surface area contributed by atoms with E-state index in [2.05, 4.69) is 0 Å². The summed E-state index contributed by atoms with van der Waals surface area (Å²) >= 11 is 0.501. The van der Waals surface area contributed by atoms with Gasteiger partial charge in [-0.15, -0.1) is 0 Å². The van der Waals surface area contributed by atoms with Crippen LogP contribution in [0.25, 0.3) is 5.70 Å². The average molecular weight is 339 g/mol. The summed E-state index contributed by atoms with van der Waals surface area (Å²) in [6.45, 7) is 4.50. The van der Waals surface area contributed by atoms with E-state index in [1.54, 1.807) is 23.1 Å². The Bertz CT molecular complexity index is 658. The van der Waals surface area contributed by atoms with Gasteiger partial charge < -0.3 is 9.64 Å². The molecule has 1 amide bonds. The molecule has 23 heavy (non-hydrogen) atoms. The maximum atomic E-state index is 12.6. The van der Waals surface area contributed by atoms with Gasteiger partial charge in [0.2, 0.25) is 5.91 Å². The number of rotatable bonds is 3. The van der Waals surface area contributed by atoms with Crippen LogP contribution in [-0.2, 0) is 4.79 Å². The highest BCUT2D eigenvalue weighted by Gasteiger charge is 2.32. The highest BCUT2D eigenvalue weighted by atomic mass is 32.2. The molecule has 1 aromatic carbocycles. The molecule has 124 valence electrons. The fourth-order valence-corrected chi connectivity index (χ4v) is 3.52. The molecule has 2 aliphatic rings. The lowest BCUT2D eigenvalue weighted by molar-refractivity contribution is -0.129. The third-order valence-electron chi connectivity index (χ3n) is 3.92. The van der Waals surface area contributed by atoms with Crippen molar-refractivity contribution in [1.82, 2.24) is 4.90 Å². The Balaban J connectivity index is 2.03. The van der Waals surface area contributed by atoms with E-state index in [4.69, 9.17) is 4.74 Å². The van der Waals surface area contributed by atoms with Crippen molar-refractivity contribution in [3.63, 3.8) is 0 Å². The molecule has 1 fully saturated rings. The van der Waals surface area contributed by atoms with Gasteiger partial charge in [-0.05, 0) is 51.0 Å². The van der Waals surface area contributed by atoms with Crippen LogP contribution in [0.4, 0.5) is 8.78 Å². The molecule has 3 rings (SSSR count). The van der Waals surface area contributed by atoms with Crippen LogP contribution in [0.3, 0.4) is 0 Å². The van der Waals surface area contributed by atoms with Crippen molar-refractivity contribution in [1.29, 1.82) is 0 Å². The van der Waals surface area contributed by atoms with Gasteiger partial charge in [-0.1, -0.05) is 11.8 Å². The molecule has 0 atom stereocenters. The quantitative estimate of drug-likeness (QED) is 0.758. The van der Waals surface area contributed by atoms with Crippen LogP contribution in [0.1, 0.15) is 38.7 Å². The minimum atomic E-state index is -2.47. The molecule has 0 N–H and O–H groups in total. The number of ether oxygens (including phenoxy) is 1. The van der Waals surface area contributed by atoms with Crippen molar-refractivity contribution >= 4 is 23.4 Å². The number of hydrogen-bond donors (Lipinski definition) is 0. The molecule has 2 heterocycles. The Kier molecular flexibility index (Phi) is 4.36. The van der Waals surface area contributed by atoms with E-state index in [-0.39, 0.29) is 5.91 Å². The molecule has 3 nitrogen and oxygen atoms in total. The second kappa shape index (κ2) is 6.15. The minimum absolute atomic E-state index is 0.0815. The molecule has 1 saturated heterocycles. The first kappa shape index (κ1) is 16.3. The van der Waals surface area contributed by atoms with Crippen LogP contribution < -0.4 is 4.74 Å². The number of halogens is 2. The van der Waals surface area contributed by atoms with Gasteiger partial charge in [0, 0.05) is 23.4 Å². The fraction of sp³-hybridized carbons (Fsp3) is 0.471. The number of hydrogen-bond acceptors (Lipinski definition) is 3. The summed E-state index contributed by atoms with van der Waals surface area (Å²) in [5.41, 5.74) is 0.945. The second-order valence-corrected chi connectivity index (χ2v) is 7.34. The van der Waals surface area contributed by atoms with Gasteiger partial charge in [0.1, 0.15) is 11.4 Å². The van der Waals surface area contributed by atoms with Crippen LogP contribution in [0, 0.1) is 0 Å². The van der Waals surface area contributed by atoms with E-state index in [9.17, 15) is 13.6 Å². The number of piperidine rings is 1. The van der Waals surface area contributed by atoms with Gasteiger partial charge in [-0.25, -0.2) is 0 Å². The number of alkyl halides is 2. The van der Waals surface area contributed by atoms with Gasteiger partial charge >= 0.3 is 0 Å². The SMILES string of the molecule is CC1(C)C=C(N2CCCCC2=O)c2cc(SC(F)F)ccc2O1. The van der Waals surface area contributed by atoms with Gasteiger partial charge in [0.05, 0.1) is 5.70 Å². The predicted octanol–water partition coefficient (Wildman–Crippen LogP) is 4.53. The van der Waals surface area contributed by atoms with Crippen molar-refractivity contribution in [3.05, 3.63) is 29.8 Å². The third kappa shape index (κ3) is 3.52. The van der Waals surface area contributed by atoms with Gasteiger partial charge in [-0.2, -0.15) is 8.78 Å². The molecule has 0 saturated carbocycles. The zero-order chi connectivity index (χ0) is 16.6. The molecule has 2 aliphatic heterocycles. The largest absolute Gasteiger partial charge is 0.483 e. The maximum absolute atomic E-state index is 12.6. The number of carbonyl (C=O) groups excluding carboxylic acids is 1. The van der Waals surface area contributed by atoms with E-state index in [1.165, 1.54) is 0 Å². The molecule has 0 bridgehead atoms. The highest BCUT2D eigenvalue weighted by molar-refractivity contribution is 7.99. The molecule has 0 radical (unpaired) electrons. The van der Waals surface area contributed by atoms with E-state index in [1.807, 2.05) is 19.9 Å². The van der Waals surface area contributed by atoms with E-state index in [0.717, 1.165) is 18.5 Å². The second-order valence-electron chi connectivity index (χ2n) is 6.27. The van der Waals surface area contributed by atoms with Gasteiger partial charge in [0.25, 0.3) is 5.76 Å². The molecule has 6 heteroatoms. The number of likely N-dealkylation sites (tertiary alicyclic amines) is 1. The summed E-state index contributed by atoms with van der Waals surface area (Å²) in [7, 11) is 0. The van der Waals surface area contributed by atoms with Crippen LogP contribution in [-0.4, -0.2) is 28.7 Å². The average Bonchev–Trinajstić information content (AvgIpc) is 2.46. The monoisotopic (exact) mass is 339 g/mol. The number of thioether (sulfide) groups is 1. The van der Waals surface area contributed by atoms with Crippen molar-refractivity contribution in [2.75, 3.05) is 6.54 Å². The zero-order valence-electron chi connectivity index (χ0n) is 13.1. The standard InChI is InChI=1S/C17H19F2NO2S/c1-17(2)10-13(20-8-4-3-5-15(20)21)12-9-11(23-16(18)19)6-7-14(12)22-17/h6-7,9-10,16H,3-5,8H2,1-2H3. The Labute approximate surface area is 138 Å². The molecule has 0 aromatic heterocycles. The van der Waals surface area contributed by atoms with Crippen molar-refractivity contribution in [3.8, 4) is 5.75 Å². The van der Waals surface area contributed by atoms with Crippen molar-refractivity contribution in [2.45, 2.75) is 49.4 Å². The highest BCUT2D eigenvalue weighted by Crippen LogP contribution is 2.41. The minimum Gasteiger partial charge on any atom is -0.483 e. The normalized spacial score (nSPS) is 20.1. The Morgan fingerprint density at radius 1 is 1.30 bits per heavy atom. The summed E-state index contributed by atoms with van der Waals surface area (Å²) in [6, 6.07) is 5.03. The number of fused-ring (bicyclic) bond motifs is 1. The van der Waals surface area contributed by atoms with E-state index in [0.29, 0.717) is 40.9 Å². The third-order valence-corrected chi connectivity index (χ3v) is 4.63. The molecular formula is C17H19F2NO2S. The Morgan fingerprint density at radius 3 is 2.78 bits per heavy atom. The number of benzene rings is 1. The summed E-state index contributed by atoms with van der Waals surface area (Å²) in [5, 5.41) is 0.